The maximum atomic E-state index is 12.0. The number of ether oxygens (including phenoxy) is 1. The molecule has 1 aromatic carbocycles. The van der Waals surface area contributed by atoms with Crippen molar-refractivity contribution < 1.29 is 14.4 Å². The Kier molecular flexibility index (Phi) is 7.09. The zero-order valence-corrected chi connectivity index (χ0v) is 13.0. The number of nitrogens with one attached hydrogen (secondary N) is 2. The Balaban J connectivity index is 2.43. The lowest BCUT2D eigenvalue weighted by atomic mass is 10.1. The van der Waals surface area contributed by atoms with Gasteiger partial charge >= 0.3 is 0 Å². The summed E-state index contributed by atoms with van der Waals surface area (Å²) in [5.41, 5.74) is 0.679. The Bertz CT molecular complexity index is 401. The summed E-state index contributed by atoms with van der Waals surface area (Å²) >= 11 is 0. The van der Waals surface area contributed by atoms with Crippen LogP contribution in [0.15, 0.2) is 24.3 Å². The van der Waals surface area contributed by atoms with Gasteiger partial charge in [-0.3, -0.25) is 4.79 Å². The lowest BCUT2D eigenvalue weighted by Crippen LogP contribution is -3.06. The van der Waals surface area contributed by atoms with E-state index in [4.69, 9.17) is 4.74 Å². The predicted molar refractivity (Wildman–Crippen MR) is 81.4 cm³/mol. The van der Waals surface area contributed by atoms with Crippen molar-refractivity contribution >= 4 is 5.91 Å². The first kappa shape index (κ1) is 16.5. The Morgan fingerprint density at radius 3 is 2.50 bits per heavy atom. The number of rotatable bonds is 8. The average Bonchev–Trinajstić information content (AvgIpc) is 2.42. The molecule has 0 bridgehead atoms. The van der Waals surface area contributed by atoms with Crippen LogP contribution in [0.5, 0.6) is 5.75 Å². The molecular formula is C16H27N2O2+. The second kappa shape index (κ2) is 8.59. The van der Waals surface area contributed by atoms with Crippen LogP contribution in [0.25, 0.3) is 0 Å². The van der Waals surface area contributed by atoms with Gasteiger partial charge in [-0.1, -0.05) is 13.8 Å². The molecule has 2 N–H and O–H groups in total. The minimum absolute atomic E-state index is 0.0207. The molecule has 4 nitrogen and oxygen atoms in total. The fourth-order valence-corrected chi connectivity index (χ4v) is 2.06. The molecule has 0 spiro atoms. The van der Waals surface area contributed by atoms with Gasteiger partial charge in [-0.15, -0.1) is 0 Å². The fraction of sp³-hybridized carbons (Fsp3) is 0.562. The molecule has 0 aromatic heterocycles. The number of quaternary nitrogens is 1. The van der Waals surface area contributed by atoms with Gasteiger partial charge in [0.1, 0.15) is 5.75 Å². The van der Waals surface area contributed by atoms with E-state index >= 15 is 0 Å². The lowest BCUT2D eigenvalue weighted by Gasteiger charge is -2.15. The molecule has 0 saturated heterocycles. The molecule has 0 aliphatic carbocycles. The van der Waals surface area contributed by atoms with Gasteiger partial charge in [-0.2, -0.15) is 0 Å². The van der Waals surface area contributed by atoms with Crippen LogP contribution in [0.2, 0.25) is 0 Å². The highest BCUT2D eigenvalue weighted by molar-refractivity contribution is 5.94. The van der Waals surface area contributed by atoms with Gasteiger partial charge < -0.3 is 15.0 Å². The van der Waals surface area contributed by atoms with Gasteiger partial charge in [0, 0.05) is 18.0 Å². The highest BCUT2D eigenvalue weighted by Crippen LogP contribution is 2.12. The Morgan fingerprint density at radius 1 is 1.30 bits per heavy atom. The summed E-state index contributed by atoms with van der Waals surface area (Å²) in [5, 5.41) is 2.97. The summed E-state index contributed by atoms with van der Waals surface area (Å²) in [5.74, 6) is 1.26. The van der Waals surface area contributed by atoms with Gasteiger partial charge in [-0.05, 0) is 30.7 Å². The van der Waals surface area contributed by atoms with Gasteiger partial charge in [0.25, 0.3) is 5.91 Å². The molecule has 0 radical (unpaired) electrons. The van der Waals surface area contributed by atoms with Crippen molar-refractivity contribution in [2.75, 3.05) is 33.8 Å². The van der Waals surface area contributed by atoms with Gasteiger partial charge in [0.15, 0.2) is 0 Å². The molecular weight excluding hydrogens is 252 g/mol. The van der Waals surface area contributed by atoms with E-state index in [0.29, 0.717) is 24.6 Å². The van der Waals surface area contributed by atoms with E-state index in [9.17, 15) is 4.79 Å². The summed E-state index contributed by atoms with van der Waals surface area (Å²) in [4.78, 5) is 13.4. The van der Waals surface area contributed by atoms with Crippen LogP contribution in [0, 0.1) is 5.92 Å². The van der Waals surface area contributed by atoms with E-state index in [1.54, 1.807) is 0 Å². The van der Waals surface area contributed by atoms with Crippen molar-refractivity contribution in [2.24, 2.45) is 5.92 Å². The first-order valence-electron chi connectivity index (χ1n) is 7.33. The maximum Gasteiger partial charge on any atom is 0.251 e. The molecule has 0 aliphatic rings. The predicted octanol–water partition coefficient (Wildman–Crippen LogP) is 0.986. The third-order valence-corrected chi connectivity index (χ3v) is 2.96. The highest BCUT2D eigenvalue weighted by Gasteiger charge is 2.10. The van der Waals surface area contributed by atoms with Crippen LogP contribution >= 0.6 is 0 Å². The Hall–Kier alpha value is -1.55. The largest absolute Gasteiger partial charge is 0.494 e. The standard InChI is InChI=1S/C16H26N2O2/c1-5-10-20-15-8-6-14(7-9-15)16(19)17-11-13(2)12-18(3)4/h6-9,13H,5,10-12H2,1-4H3,(H,17,19)/p+1/t13-/m0/s1. The molecule has 112 valence electrons. The van der Waals surface area contributed by atoms with Gasteiger partial charge in [-0.25, -0.2) is 0 Å². The van der Waals surface area contributed by atoms with E-state index in [0.717, 1.165) is 18.7 Å². The number of amides is 1. The molecule has 1 amide bonds. The smallest absolute Gasteiger partial charge is 0.251 e. The molecule has 0 fully saturated rings. The van der Waals surface area contributed by atoms with E-state index in [1.165, 1.54) is 4.90 Å². The zero-order chi connectivity index (χ0) is 15.0. The number of hydrogen-bond acceptors (Lipinski definition) is 2. The monoisotopic (exact) mass is 279 g/mol. The van der Waals surface area contributed by atoms with E-state index in [1.807, 2.05) is 24.3 Å². The molecule has 0 saturated carbocycles. The van der Waals surface area contributed by atoms with Crippen molar-refractivity contribution in [3.63, 3.8) is 0 Å². The summed E-state index contributed by atoms with van der Waals surface area (Å²) in [6.07, 6.45) is 0.980. The molecule has 0 heterocycles. The topological polar surface area (TPSA) is 42.8 Å². The summed E-state index contributed by atoms with van der Waals surface area (Å²) in [6, 6.07) is 7.31. The summed E-state index contributed by atoms with van der Waals surface area (Å²) in [7, 11) is 4.24. The molecule has 0 unspecified atom stereocenters. The van der Waals surface area contributed by atoms with Gasteiger partial charge in [0.2, 0.25) is 0 Å². The average molecular weight is 279 g/mol. The molecule has 0 aliphatic heterocycles. The van der Waals surface area contributed by atoms with Crippen molar-refractivity contribution in [2.45, 2.75) is 20.3 Å². The van der Waals surface area contributed by atoms with Crippen LogP contribution in [0.4, 0.5) is 0 Å². The first-order valence-corrected chi connectivity index (χ1v) is 7.33. The number of carbonyl (C=O) groups is 1. The Morgan fingerprint density at radius 2 is 1.95 bits per heavy atom. The fourth-order valence-electron chi connectivity index (χ4n) is 2.06. The first-order chi connectivity index (χ1) is 9.52. The van der Waals surface area contributed by atoms with Crippen LogP contribution in [0.3, 0.4) is 0 Å². The van der Waals surface area contributed by atoms with E-state index in [2.05, 4.69) is 33.3 Å². The van der Waals surface area contributed by atoms with Crippen molar-refractivity contribution in [1.29, 1.82) is 0 Å². The van der Waals surface area contributed by atoms with Crippen LogP contribution < -0.4 is 15.0 Å². The van der Waals surface area contributed by atoms with Crippen molar-refractivity contribution in [3.05, 3.63) is 29.8 Å². The minimum atomic E-state index is -0.0207. The SMILES string of the molecule is CCCOc1ccc(C(=O)NC[C@H](C)C[NH+](C)C)cc1. The molecule has 1 aromatic rings. The highest BCUT2D eigenvalue weighted by atomic mass is 16.5. The molecule has 1 atom stereocenters. The maximum absolute atomic E-state index is 12.0. The molecule has 4 heteroatoms. The van der Waals surface area contributed by atoms with Crippen molar-refractivity contribution in [1.82, 2.24) is 5.32 Å². The lowest BCUT2D eigenvalue weighted by molar-refractivity contribution is -0.861. The summed E-state index contributed by atoms with van der Waals surface area (Å²) < 4.78 is 5.50. The van der Waals surface area contributed by atoms with E-state index in [-0.39, 0.29) is 5.91 Å². The molecule has 20 heavy (non-hydrogen) atoms. The minimum Gasteiger partial charge on any atom is -0.494 e. The quantitative estimate of drug-likeness (QED) is 0.745. The van der Waals surface area contributed by atoms with Crippen LogP contribution in [0.1, 0.15) is 30.6 Å². The molecule has 1 rings (SSSR count). The third-order valence-electron chi connectivity index (χ3n) is 2.96. The second-order valence-electron chi connectivity index (χ2n) is 5.60. The van der Waals surface area contributed by atoms with Crippen LogP contribution in [-0.2, 0) is 0 Å². The Labute approximate surface area is 122 Å². The number of hydrogen-bond donors (Lipinski definition) is 2. The van der Waals surface area contributed by atoms with Crippen LogP contribution in [-0.4, -0.2) is 39.7 Å². The zero-order valence-electron chi connectivity index (χ0n) is 13.0. The number of carbonyl (C=O) groups excluding carboxylic acids is 1. The second-order valence-corrected chi connectivity index (χ2v) is 5.60. The van der Waals surface area contributed by atoms with Crippen molar-refractivity contribution in [3.8, 4) is 5.75 Å². The third kappa shape index (κ3) is 6.06. The van der Waals surface area contributed by atoms with E-state index < -0.39 is 0 Å². The number of benzene rings is 1. The normalized spacial score (nSPS) is 12.2. The van der Waals surface area contributed by atoms with Gasteiger partial charge in [0.05, 0.1) is 27.2 Å². The summed E-state index contributed by atoms with van der Waals surface area (Å²) in [6.45, 7) is 6.67.